The van der Waals surface area contributed by atoms with Crippen molar-refractivity contribution in [3.63, 3.8) is 0 Å². The zero-order valence-electron chi connectivity index (χ0n) is 14.2. The van der Waals surface area contributed by atoms with E-state index in [1.54, 1.807) is 6.20 Å². The number of carbonyl (C=O) groups is 1. The van der Waals surface area contributed by atoms with E-state index in [0.717, 1.165) is 25.1 Å². The highest BCUT2D eigenvalue weighted by molar-refractivity contribution is 6.03. The minimum Gasteiger partial charge on any atom is -0.367 e. The second-order valence-corrected chi connectivity index (χ2v) is 6.75. The van der Waals surface area contributed by atoms with Crippen LogP contribution in [0.15, 0.2) is 18.3 Å². The summed E-state index contributed by atoms with van der Waals surface area (Å²) in [5.41, 5.74) is 0.325. The summed E-state index contributed by atoms with van der Waals surface area (Å²) in [5.74, 6) is 0.885. The molecule has 1 aromatic heterocycles. The number of ketones is 1. The maximum absolute atomic E-state index is 12.6. The van der Waals surface area contributed by atoms with E-state index in [2.05, 4.69) is 24.1 Å². The molecule has 1 atom stereocenters. The van der Waals surface area contributed by atoms with Crippen molar-refractivity contribution in [3.8, 4) is 0 Å². The summed E-state index contributed by atoms with van der Waals surface area (Å²) in [7, 11) is 0. The normalized spacial score (nSPS) is 13.0. The molecule has 1 N–H and O–H groups in total. The maximum Gasteiger partial charge on any atom is 0.171 e. The molecule has 1 rings (SSSR count). The maximum atomic E-state index is 12.6. The van der Waals surface area contributed by atoms with Crippen molar-refractivity contribution in [3.05, 3.63) is 23.9 Å². The molecule has 0 aliphatic rings. The van der Waals surface area contributed by atoms with Crippen molar-refractivity contribution in [2.24, 2.45) is 5.41 Å². The zero-order chi connectivity index (χ0) is 15.9. The summed E-state index contributed by atoms with van der Waals surface area (Å²) >= 11 is 0. The Bertz CT molecular complexity index is 449. The monoisotopic (exact) mass is 290 g/mol. The summed E-state index contributed by atoms with van der Waals surface area (Å²) in [6.07, 6.45) is 7.52. The molecule has 0 saturated carbocycles. The van der Waals surface area contributed by atoms with Gasteiger partial charge in [-0.05, 0) is 25.0 Å². The highest BCUT2D eigenvalue weighted by Gasteiger charge is 2.26. The van der Waals surface area contributed by atoms with E-state index in [1.807, 2.05) is 32.9 Å². The fraction of sp³-hybridized carbons (Fsp3) is 0.667. The van der Waals surface area contributed by atoms with Crippen molar-refractivity contribution >= 4 is 11.6 Å². The predicted octanol–water partition coefficient (Wildman–Crippen LogP) is 5.08. The molecule has 0 aliphatic heterocycles. The molecule has 21 heavy (non-hydrogen) atoms. The molecule has 0 aromatic carbocycles. The van der Waals surface area contributed by atoms with Crippen molar-refractivity contribution in [2.45, 2.75) is 72.8 Å². The lowest BCUT2D eigenvalue weighted by Crippen LogP contribution is -2.25. The standard InChI is InChI=1S/C18H30N2O/c1-6-8-11-14(10-7-2)20-17-15(12-9-13-19-17)16(21)18(3,4)5/h9,12-14H,6-8,10-11H2,1-5H3,(H,19,20). The Balaban J connectivity index is 2.93. The van der Waals surface area contributed by atoms with E-state index in [-0.39, 0.29) is 11.2 Å². The van der Waals surface area contributed by atoms with E-state index in [1.165, 1.54) is 12.8 Å². The third-order valence-electron chi connectivity index (χ3n) is 3.62. The lowest BCUT2D eigenvalue weighted by Gasteiger charge is -2.23. The van der Waals surface area contributed by atoms with Gasteiger partial charge >= 0.3 is 0 Å². The Morgan fingerprint density at radius 3 is 2.52 bits per heavy atom. The van der Waals surface area contributed by atoms with Crippen LogP contribution in [0.2, 0.25) is 0 Å². The van der Waals surface area contributed by atoms with Crippen molar-refractivity contribution in [1.82, 2.24) is 4.98 Å². The molecule has 1 heterocycles. The summed E-state index contributed by atoms with van der Waals surface area (Å²) < 4.78 is 0. The summed E-state index contributed by atoms with van der Waals surface area (Å²) in [6.45, 7) is 10.3. The van der Waals surface area contributed by atoms with Gasteiger partial charge in [-0.25, -0.2) is 4.98 Å². The predicted molar refractivity (Wildman–Crippen MR) is 89.9 cm³/mol. The third-order valence-corrected chi connectivity index (χ3v) is 3.62. The van der Waals surface area contributed by atoms with E-state index in [4.69, 9.17) is 0 Å². The van der Waals surface area contributed by atoms with Crippen LogP contribution in [-0.2, 0) is 0 Å². The molecule has 1 unspecified atom stereocenters. The van der Waals surface area contributed by atoms with Crippen LogP contribution in [0.5, 0.6) is 0 Å². The number of unbranched alkanes of at least 4 members (excludes halogenated alkanes) is 1. The topological polar surface area (TPSA) is 42.0 Å². The smallest absolute Gasteiger partial charge is 0.171 e. The van der Waals surface area contributed by atoms with Gasteiger partial charge in [0.15, 0.2) is 5.78 Å². The van der Waals surface area contributed by atoms with Crippen LogP contribution in [-0.4, -0.2) is 16.8 Å². The second kappa shape index (κ2) is 8.16. The molecular weight excluding hydrogens is 260 g/mol. The van der Waals surface area contributed by atoms with Crippen molar-refractivity contribution < 1.29 is 4.79 Å². The number of Topliss-reactive ketones (excluding diaryl/α,β-unsaturated/α-hetero) is 1. The first-order valence-electron chi connectivity index (χ1n) is 8.16. The summed E-state index contributed by atoms with van der Waals surface area (Å²) in [5, 5.41) is 3.50. The Kier molecular flexibility index (Phi) is 6.86. The molecule has 1 aromatic rings. The summed E-state index contributed by atoms with van der Waals surface area (Å²) in [6, 6.07) is 4.12. The quantitative estimate of drug-likeness (QED) is 0.679. The Hall–Kier alpha value is -1.38. The molecule has 3 heteroatoms. The first kappa shape index (κ1) is 17.7. The fourth-order valence-corrected chi connectivity index (χ4v) is 2.39. The molecular formula is C18H30N2O. The highest BCUT2D eigenvalue weighted by Crippen LogP contribution is 2.25. The van der Waals surface area contributed by atoms with Gasteiger partial charge in [-0.2, -0.15) is 0 Å². The van der Waals surface area contributed by atoms with E-state index >= 15 is 0 Å². The number of hydrogen-bond acceptors (Lipinski definition) is 3. The van der Waals surface area contributed by atoms with Crippen LogP contribution in [0, 0.1) is 5.41 Å². The largest absolute Gasteiger partial charge is 0.367 e. The first-order chi connectivity index (χ1) is 9.90. The Morgan fingerprint density at radius 2 is 1.95 bits per heavy atom. The number of aromatic nitrogens is 1. The van der Waals surface area contributed by atoms with Crippen LogP contribution >= 0.6 is 0 Å². The minimum atomic E-state index is -0.386. The van der Waals surface area contributed by atoms with E-state index < -0.39 is 0 Å². The van der Waals surface area contributed by atoms with Crippen LogP contribution in [0.4, 0.5) is 5.82 Å². The summed E-state index contributed by atoms with van der Waals surface area (Å²) in [4.78, 5) is 17.0. The number of pyridine rings is 1. The average Bonchev–Trinajstić information content (AvgIpc) is 2.44. The molecule has 0 spiro atoms. The van der Waals surface area contributed by atoms with Gasteiger partial charge in [0.2, 0.25) is 0 Å². The molecule has 0 amide bonds. The molecule has 0 radical (unpaired) electrons. The van der Waals surface area contributed by atoms with E-state index in [9.17, 15) is 4.79 Å². The molecule has 118 valence electrons. The number of anilines is 1. The van der Waals surface area contributed by atoms with Crippen LogP contribution in [0.25, 0.3) is 0 Å². The SMILES string of the molecule is CCCCC(CCC)Nc1ncccc1C(=O)C(C)(C)C. The number of rotatable bonds is 8. The van der Waals surface area contributed by atoms with Gasteiger partial charge in [0.25, 0.3) is 0 Å². The van der Waals surface area contributed by atoms with Crippen LogP contribution in [0.3, 0.4) is 0 Å². The number of nitrogens with one attached hydrogen (secondary N) is 1. The highest BCUT2D eigenvalue weighted by atomic mass is 16.1. The van der Waals surface area contributed by atoms with Crippen molar-refractivity contribution in [2.75, 3.05) is 5.32 Å². The number of hydrogen-bond donors (Lipinski definition) is 1. The lowest BCUT2D eigenvalue weighted by atomic mass is 9.86. The first-order valence-corrected chi connectivity index (χ1v) is 8.16. The van der Waals surface area contributed by atoms with Crippen molar-refractivity contribution in [1.29, 1.82) is 0 Å². The van der Waals surface area contributed by atoms with Gasteiger partial charge in [0, 0.05) is 17.7 Å². The van der Waals surface area contributed by atoms with Crippen LogP contribution < -0.4 is 5.32 Å². The van der Waals surface area contributed by atoms with Gasteiger partial charge in [-0.1, -0.05) is 53.9 Å². The Morgan fingerprint density at radius 1 is 1.24 bits per heavy atom. The number of carbonyl (C=O) groups excluding carboxylic acids is 1. The molecule has 3 nitrogen and oxygen atoms in total. The second-order valence-electron chi connectivity index (χ2n) is 6.75. The number of nitrogens with zero attached hydrogens (tertiary/aromatic N) is 1. The van der Waals surface area contributed by atoms with E-state index in [0.29, 0.717) is 11.6 Å². The van der Waals surface area contributed by atoms with Gasteiger partial charge in [0.1, 0.15) is 5.82 Å². The van der Waals surface area contributed by atoms with Gasteiger partial charge < -0.3 is 5.32 Å². The van der Waals surface area contributed by atoms with Crippen LogP contribution in [0.1, 0.15) is 77.1 Å². The third kappa shape index (κ3) is 5.49. The molecule has 0 bridgehead atoms. The average molecular weight is 290 g/mol. The molecule has 0 aliphatic carbocycles. The molecule has 0 fully saturated rings. The molecule has 0 saturated heterocycles. The fourth-order valence-electron chi connectivity index (χ4n) is 2.39. The van der Waals surface area contributed by atoms with Gasteiger partial charge in [0.05, 0.1) is 5.56 Å². The van der Waals surface area contributed by atoms with Gasteiger partial charge in [-0.15, -0.1) is 0 Å². The Labute approximate surface area is 129 Å². The van der Waals surface area contributed by atoms with Gasteiger partial charge in [-0.3, -0.25) is 4.79 Å². The minimum absolute atomic E-state index is 0.142. The lowest BCUT2D eigenvalue weighted by molar-refractivity contribution is 0.0859. The zero-order valence-corrected chi connectivity index (χ0v) is 14.2.